The standard InChI is InChI=1S/C21H27NO2/c1-22(17-19-10-6-3-7-11-19)20(16-21(24)14-15-23)13-12-18-8-4-2-5-9-18/h2-13,20-21,23-24H,14-17H2,1H3/b13-12+/t20-,21+/m0/s1. The monoisotopic (exact) mass is 325 g/mol. The van der Waals surface area contributed by atoms with E-state index in [1.807, 2.05) is 36.4 Å². The molecule has 0 unspecified atom stereocenters. The predicted molar refractivity (Wildman–Crippen MR) is 99.5 cm³/mol. The van der Waals surface area contributed by atoms with Crippen LogP contribution in [-0.2, 0) is 6.54 Å². The highest BCUT2D eigenvalue weighted by Gasteiger charge is 2.16. The zero-order valence-corrected chi connectivity index (χ0v) is 14.3. The van der Waals surface area contributed by atoms with Crippen LogP contribution in [0.1, 0.15) is 24.0 Å². The lowest BCUT2D eigenvalue weighted by molar-refractivity contribution is 0.0990. The molecule has 3 nitrogen and oxygen atoms in total. The molecule has 0 radical (unpaired) electrons. The molecule has 3 heteroatoms. The molecule has 0 aliphatic carbocycles. The van der Waals surface area contributed by atoms with Gasteiger partial charge < -0.3 is 10.2 Å². The molecule has 2 N–H and O–H groups in total. The number of likely N-dealkylation sites (N-methyl/N-ethyl adjacent to an activating group) is 1. The average molecular weight is 325 g/mol. The fraction of sp³-hybridized carbons (Fsp3) is 0.333. The summed E-state index contributed by atoms with van der Waals surface area (Å²) in [6.07, 6.45) is 4.75. The van der Waals surface area contributed by atoms with Crippen molar-refractivity contribution in [2.75, 3.05) is 13.7 Å². The molecule has 2 aromatic carbocycles. The second-order valence-corrected chi connectivity index (χ2v) is 6.14. The van der Waals surface area contributed by atoms with Crippen molar-refractivity contribution in [3.8, 4) is 0 Å². The molecular weight excluding hydrogens is 298 g/mol. The van der Waals surface area contributed by atoms with Gasteiger partial charge >= 0.3 is 0 Å². The van der Waals surface area contributed by atoms with Gasteiger partial charge in [0, 0.05) is 19.2 Å². The summed E-state index contributed by atoms with van der Waals surface area (Å²) in [6, 6.07) is 20.6. The zero-order chi connectivity index (χ0) is 17.2. The van der Waals surface area contributed by atoms with Crippen molar-refractivity contribution in [3.05, 3.63) is 77.9 Å². The number of rotatable bonds is 9. The van der Waals surface area contributed by atoms with Crippen molar-refractivity contribution in [2.45, 2.75) is 31.5 Å². The molecule has 0 fully saturated rings. The van der Waals surface area contributed by atoms with Gasteiger partial charge in [-0.05, 0) is 31.0 Å². The van der Waals surface area contributed by atoms with Gasteiger partial charge in [-0.15, -0.1) is 0 Å². The van der Waals surface area contributed by atoms with Crippen LogP contribution in [0.3, 0.4) is 0 Å². The van der Waals surface area contributed by atoms with E-state index in [4.69, 9.17) is 5.11 Å². The Balaban J connectivity index is 2.07. The highest BCUT2D eigenvalue weighted by molar-refractivity contribution is 5.49. The number of hydrogen-bond donors (Lipinski definition) is 2. The summed E-state index contributed by atoms with van der Waals surface area (Å²) in [5.41, 5.74) is 2.39. The first-order chi connectivity index (χ1) is 11.7. The molecule has 2 atom stereocenters. The summed E-state index contributed by atoms with van der Waals surface area (Å²) in [6.45, 7) is 0.829. The summed E-state index contributed by atoms with van der Waals surface area (Å²) in [4.78, 5) is 2.23. The van der Waals surface area contributed by atoms with Crippen molar-refractivity contribution in [2.24, 2.45) is 0 Å². The first-order valence-electron chi connectivity index (χ1n) is 8.45. The van der Waals surface area contributed by atoms with E-state index in [0.717, 1.165) is 12.1 Å². The molecule has 0 heterocycles. The summed E-state index contributed by atoms with van der Waals surface area (Å²) < 4.78 is 0. The quantitative estimate of drug-likeness (QED) is 0.743. The maximum atomic E-state index is 10.1. The van der Waals surface area contributed by atoms with Gasteiger partial charge in [-0.1, -0.05) is 72.8 Å². The van der Waals surface area contributed by atoms with Crippen LogP contribution in [0.4, 0.5) is 0 Å². The molecule has 0 saturated heterocycles. The van der Waals surface area contributed by atoms with Gasteiger partial charge in [0.25, 0.3) is 0 Å². The van der Waals surface area contributed by atoms with Crippen molar-refractivity contribution < 1.29 is 10.2 Å². The van der Waals surface area contributed by atoms with Gasteiger partial charge in [0.2, 0.25) is 0 Å². The second-order valence-electron chi connectivity index (χ2n) is 6.14. The van der Waals surface area contributed by atoms with E-state index in [9.17, 15) is 5.11 Å². The minimum Gasteiger partial charge on any atom is -0.396 e. The van der Waals surface area contributed by atoms with Crippen molar-refractivity contribution in [1.82, 2.24) is 4.90 Å². The van der Waals surface area contributed by atoms with Crippen LogP contribution in [0.15, 0.2) is 66.7 Å². The summed E-state index contributed by atoms with van der Waals surface area (Å²) in [5, 5.41) is 19.2. The lowest BCUT2D eigenvalue weighted by Crippen LogP contribution is -2.33. The van der Waals surface area contributed by atoms with E-state index in [2.05, 4.69) is 48.4 Å². The highest BCUT2D eigenvalue weighted by atomic mass is 16.3. The van der Waals surface area contributed by atoms with Crippen LogP contribution in [0.5, 0.6) is 0 Å². The first-order valence-corrected chi connectivity index (χ1v) is 8.45. The normalized spacial score (nSPS) is 14.2. The van der Waals surface area contributed by atoms with Crippen molar-refractivity contribution >= 4 is 6.08 Å². The van der Waals surface area contributed by atoms with Crippen molar-refractivity contribution in [1.29, 1.82) is 0 Å². The topological polar surface area (TPSA) is 43.7 Å². The molecule has 128 valence electrons. The van der Waals surface area contributed by atoms with Gasteiger partial charge in [0.05, 0.1) is 6.10 Å². The Kier molecular flexibility index (Phi) is 7.69. The fourth-order valence-corrected chi connectivity index (χ4v) is 2.73. The van der Waals surface area contributed by atoms with Gasteiger partial charge in [-0.3, -0.25) is 4.90 Å². The third-order valence-electron chi connectivity index (χ3n) is 4.13. The average Bonchev–Trinajstić information content (AvgIpc) is 2.60. The SMILES string of the molecule is CN(Cc1ccccc1)[C@@H](/C=C/c1ccccc1)C[C@H](O)CCO. The Morgan fingerprint density at radius 3 is 2.25 bits per heavy atom. The number of aliphatic hydroxyl groups is 2. The third kappa shape index (κ3) is 6.28. The number of nitrogens with zero attached hydrogens (tertiary/aromatic N) is 1. The zero-order valence-electron chi connectivity index (χ0n) is 14.3. The van der Waals surface area contributed by atoms with E-state index < -0.39 is 6.10 Å². The molecule has 0 saturated carbocycles. The van der Waals surface area contributed by atoms with Crippen LogP contribution in [0.2, 0.25) is 0 Å². The van der Waals surface area contributed by atoms with Gasteiger partial charge in [-0.2, -0.15) is 0 Å². The minimum absolute atomic E-state index is 0.0126. The maximum absolute atomic E-state index is 10.1. The smallest absolute Gasteiger partial charge is 0.0580 e. The second kappa shape index (κ2) is 10.0. The van der Waals surface area contributed by atoms with E-state index >= 15 is 0 Å². The Morgan fingerprint density at radius 2 is 1.62 bits per heavy atom. The Labute approximate surface area is 144 Å². The first kappa shape index (κ1) is 18.4. The molecule has 0 spiro atoms. The van der Waals surface area contributed by atoms with E-state index in [1.54, 1.807) is 0 Å². The molecule has 24 heavy (non-hydrogen) atoms. The highest BCUT2D eigenvalue weighted by Crippen LogP contribution is 2.15. The van der Waals surface area contributed by atoms with E-state index in [1.165, 1.54) is 5.56 Å². The summed E-state index contributed by atoms with van der Waals surface area (Å²) in [7, 11) is 2.07. The van der Waals surface area contributed by atoms with Crippen LogP contribution >= 0.6 is 0 Å². The third-order valence-corrected chi connectivity index (χ3v) is 4.13. The molecule has 2 rings (SSSR count). The molecule has 0 bridgehead atoms. The van der Waals surface area contributed by atoms with Gasteiger partial charge in [0.1, 0.15) is 0 Å². The molecule has 0 amide bonds. The van der Waals surface area contributed by atoms with E-state index in [-0.39, 0.29) is 12.6 Å². The van der Waals surface area contributed by atoms with Crippen LogP contribution in [0, 0.1) is 0 Å². The predicted octanol–water partition coefficient (Wildman–Crippen LogP) is 3.33. The molecule has 0 aliphatic heterocycles. The lowest BCUT2D eigenvalue weighted by atomic mass is 10.0. The fourth-order valence-electron chi connectivity index (χ4n) is 2.73. The van der Waals surface area contributed by atoms with Gasteiger partial charge in [0.15, 0.2) is 0 Å². The number of hydrogen-bond acceptors (Lipinski definition) is 3. The Morgan fingerprint density at radius 1 is 1.00 bits per heavy atom. The van der Waals surface area contributed by atoms with Gasteiger partial charge in [-0.25, -0.2) is 0 Å². The van der Waals surface area contributed by atoms with Crippen molar-refractivity contribution in [3.63, 3.8) is 0 Å². The Hall–Kier alpha value is -1.94. The largest absolute Gasteiger partial charge is 0.396 e. The lowest BCUT2D eigenvalue weighted by Gasteiger charge is -2.27. The molecular formula is C21H27NO2. The molecule has 0 aliphatic rings. The maximum Gasteiger partial charge on any atom is 0.0580 e. The van der Waals surface area contributed by atoms with Crippen LogP contribution in [0.25, 0.3) is 6.08 Å². The summed E-state index contributed by atoms with van der Waals surface area (Å²) >= 11 is 0. The minimum atomic E-state index is -0.501. The molecule has 0 aromatic heterocycles. The number of benzene rings is 2. The van der Waals surface area contributed by atoms with E-state index in [0.29, 0.717) is 12.8 Å². The van der Waals surface area contributed by atoms with Crippen LogP contribution < -0.4 is 0 Å². The number of aliphatic hydroxyl groups excluding tert-OH is 2. The Bertz CT molecular complexity index is 598. The van der Waals surface area contributed by atoms with Crippen LogP contribution in [-0.4, -0.2) is 40.9 Å². The summed E-state index contributed by atoms with van der Waals surface area (Å²) in [5.74, 6) is 0. The molecule has 2 aromatic rings.